The summed E-state index contributed by atoms with van der Waals surface area (Å²) < 4.78 is 5.05. The first-order chi connectivity index (χ1) is 7.19. The third kappa shape index (κ3) is 3.22. The molecule has 0 bridgehead atoms. The number of nitrogens with two attached hydrogens (primary N) is 1. The molecule has 0 amide bonds. The van der Waals surface area contributed by atoms with Gasteiger partial charge >= 0.3 is 0 Å². The summed E-state index contributed by atoms with van der Waals surface area (Å²) in [6.07, 6.45) is 1.20. The normalized spacial score (nSPS) is 14.7. The summed E-state index contributed by atoms with van der Waals surface area (Å²) >= 11 is 0. The van der Waals surface area contributed by atoms with E-state index in [1.807, 2.05) is 31.2 Å². The fourth-order valence-electron chi connectivity index (χ4n) is 1.52. The van der Waals surface area contributed by atoms with Crippen molar-refractivity contribution >= 4 is 0 Å². The van der Waals surface area contributed by atoms with Gasteiger partial charge in [0.05, 0.1) is 19.3 Å². The summed E-state index contributed by atoms with van der Waals surface area (Å²) in [5.74, 6) is 0.802. The highest BCUT2D eigenvalue weighted by molar-refractivity contribution is 5.29. The minimum Gasteiger partial charge on any atom is -0.497 e. The molecule has 0 fully saturated rings. The van der Waals surface area contributed by atoms with Gasteiger partial charge in [0, 0.05) is 0 Å². The molecule has 84 valence electrons. The van der Waals surface area contributed by atoms with E-state index >= 15 is 0 Å². The quantitative estimate of drug-likeness (QED) is 0.778. The van der Waals surface area contributed by atoms with Gasteiger partial charge < -0.3 is 15.6 Å². The van der Waals surface area contributed by atoms with Crippen LogP contribution in [0.2, 0.25) is 0 Å². The summed E-state index contributed by atoms with van der Waals surface area (Å²) in [4.78, 5) is 0. The molecule has 0 saturated carbocycles. The molecule has 0 aliphatic carbocycles. The first kappa shape index (κ1) is 12.0. The fourth-order valence-corrected chi connectivity index (χ4v) is 1.52. The number of hydrogen-bond donors (Lipinski definition) is 2. The second kappa shape index (κ2) is 5.73. The van der Waals surface area contributed by atoms with E-state index in [2.05, 4.69) is 0 Å². The van der Waals surface area contributed by atoms with Gasteiger partial charge in [-0.3, -0.25) is 0 Å². The maximum atomic E-state index is 9.74. The molecule has 0 heterocycles. The minimum absolute atomic E-state index is 0.309. The zero-order valence-corrected chi connectivity index (χ0v) is 9.31. The Balaban J connectivity index is 2.69. The lowest BCUT2D eigenvalue weighted by molar-refractivity contribution is 0.134. The van der Waals surface area contributed by atoms with Crippen molar-refractivity contribution in [1.82, 2.24) is 0 Å². The van der Waals surface area contributed by atoms with E-state index in [0.717, 1.165) is 24.2 Å². The number of rotatable bonds is 5. The molecule has 3 heteroatoms. The Labute approximate surface area is 90.9 Å². The van der Waals surface area contributed by atoms with E-state index in [1.54, 1.807) is 7.11 Å². The molecule has 0 unspecified atom stereocenters. The smallest absolute Gasteiger partial charge is 0.118 e. The van der Waals surface area contributed by atoms with E-state index < -0.39 is 6.10 Å². The molecule has 0 aliphatic rings. The van der Waals surface area contributed by atoms with Gasteiger partial charge in [-0.2, -0.15) is 0 Å². The van der Waals surface area contributed by atoms with Gasteiger partial charge in [0.1, 0.15) is 5.75 Å². The van der Waals surface area contributed by atoms with Gasteiger partial charge in [0.25, 0.3) is 0 Å². The van der Waals surface area contributed by atoms with E-state index in [4.69, 9.17) is 10.5 Å². The van der Waals surface area contributed by atoms with Gasteiger partial charge in [-0.1, -0.05) is 25.5 Å². The predicted molar refractivity (Wildman–Crippen MR) is 60.8 cm³/mol. The van der Waals surface area contributed by atoms with Crippen LogP contribution in [0, 0.1) is 0 Å². The topological polar surface area (TPSA) is 55.5 Å². The summed E-state index contributed by atoms with van der Waals surface area (Å²) in [5.41, 5.74) is 6.87. The molecular weight excluding hydrogens is 190 g/mol. The Morgan fingerprint density at radius 1 is 1.33 bits per heavy atom. The van der Waals surface area contributed by atoms with Crippen molar-refractivity contribution in [3.63, 3.8) is 0 Å². The second-order valence-corrected chi connectivity index (χ2v) is 3.65. The maximum Gasteiger partial charge on any atom is 0.118 e. The van der Waals surface area contributed by atoms with Crippen LogP contribution in [0.4, 0.5) is 0 Å². The zero-order chi connectivity index (χ0) is 11.3. The van der Waals surface area contributed by atoms with Crippen molar-refractivity contribution in [2.75, 3.05) is 7.11 Å². The Kier molecular flexibility index (Phi) is 4.59. The van der Waals surface area contributed by atoms with Crippen molar-refractivity contribution in [1.29, 1.82) is 0 Å². The number of benzene rings is 1. The lowest BCUT2D eigenvalue weighted by Crippen LogP contribution is -2.25. The molecule has 1 rings (SSSR count). The third-order valence-electron chi connectivity index (χ3n) is 2.50. The highest BCUT2D eigenvalue weighted by Gasteiger charge is 2.15. The highest BCUT2D eigenvalue weighted by atomic mass is 16.5. The Bertz CT molecular complexity index is 284. The lowest BCUT2D eigenvalue weighted by atomic mass is 9.99. The lowest BCUT2D eigenvalue weighted by Gasteiger charge is -2.18. The van der Waals surface area contributed by atoms with Crippen molar-refractivity contribution in [3.05, 3.63) is 29.8 Å². The SMILES string of the molecule is CCC[C@H](O)[C@H](N)c1ccc(OC)cc1. The molecule has 3 N–H and O–H groups in total. The number of ether oxygens (including phenoxy) is 1. The summed E-state index contributed by atoms with van der Waals surface area (Å²) in [6.45, 7) is 2.03. The monoisotopic (exact) mass is 209 g/mol. The van der Waals surface area contributed by atoms with E-state index in [9.17, 15) is 5.11 Å². The molecule has 0 aromatic heterocycles. The van der Waals surface area contributed by atoms with Gasteiger partial charge in [-0.25, -0.2) is 0 Å². The van der Waals surface area contributed by atoms with Crippen molar-refractivity contribution < 1.29 is 9.84 Å². The van der Waals surface area contributed by atoms with E-state index in [0.29, 0.717) is 0 Å². The molecular formula is C12H19NO2. The van der Waals surface area contributed by atoms with Crippen LogP contribution in [0.1, 0.15) is 31.4 Å². The van der Waals surface area contributed by atoms with Crippen LogP contribution in [0.15, 0.2) is 24.3 Å². The van der Waals surface area contributed by atoms with Crippen LogP contribution in [0.5, 0.6) is 5.75 Å². The van der Waals surface area contributed by atoms with Gasteiger partial charge in [-0.05, 0) is 24.1 Å². The summed E-state index contributed by atoms with van der Waals surface area (Å²) in [5, 5.41) is 9.74. The Morgan fingerprint density at radius 2 is 1.93 bits per heavy atom. The van der Waals surface area contributed by atoms with Crippen molar-refractivity contribution in [2.24, 2.45) is 5.73 Å². The van der Waals surface area contributed by atoms with Crippen molar-refractivity contribution in [3.8, 4) is 5.75 Å². The molecule has 3 nitrogen and oxygen atoms in total. The molecule has 0 aliphatic heterocycles. The first-order valence-electron chi connectivity index (χ1n) is 5.26. The van der Waals surface area contributed by atoms with Gasteiger partial charge in [0.2, 0.25) is 0 Å². The standard InChI is InChI=1S/C12H19NO2/c1-3-4-11(14)12(13)9-5-7-10(15-2)8-6-9/h5-8,11-12,14H,3-4,13H2,1-2H3/t11-,12+/m0/s1. The largest absolute Gasteiger partial charge is 0.497 e. The number of aliphatic hydroxyl groups is 1. The fraction of sp³-hybridized carbons (Fsp3) is 0.500. The number of methoxy groups -OCH3 is 1. The predicted octanol–water partition coefficient (Wildman–Crippen LogP) is 1.86. The average molecular weight is 209 g/mol. The maximum absolute atomic E-state index is 9.74. The Hall–Kier alpha value is -1.06. The van der Waals surface area contributed by atoms with Crippen LogP contribution >= 0.6 is 0 Å². The molecule has 1 aromatic rings. The summed E-state index contributed by atoms with van der Waals surface area (Å²) in [6, 6.07) is 7.18. The number of hydrogen-bond acceptors (Lipinski definition) is 3. The molecule has 0 saturated heterocycles. The van der Waals surface area contributed by atoms with Crippen LogP contribution in [0.25, 0.3) is 0 Å². The van der Waals surface area contributed by atoms with Crippen LogP contribution < -0.4 is 10.5 Å². The molecule has 2 atom stereocenters. The third-order valence-corrected chi connectivity index (χ3v) is 2.50. The summed E-state index contributed by atoms with van der Waals surface area (Å²) in [7, 11) is 1.63. The highest BCUT2D eigenvalue weighted by Crippen LogP contribution is 2.20. The van der Waals surface area contributed by atoms with Gasteiger partial charge in [-0.15, -0.1) is 0 Å². The van der Waals surface area contributed by atoms with Crippen LogP contribution in [-0.2, 0) is 0 Å². The first-order valence-corrected chi connectivity index (χ1v) is 5.26. The molecule has 0 radical (unpaired) electrons. The van der Waals surface area contributed by atoms with Crippen molar-refractivity contribution in [2.45, 2.75) is 31.9 Å². The number of aliphatic hydroxyl groups excluding tert-OH is 1. The zero-order valence-electron chi connectivity index (χ0n) is 9.31. The van der Waals surface area contributed by atoms with Crippen LogP contribution in [-0.4, -0.2) is 18.3 Å². The Morgan fingerprint density at radius 3 is 2.40 bits per heavy atom. The van der Waals surface area contributed by atoms with Gasteiger partial charge in [0.15, 0.2) is 0 Å². The van der Waals surface area contributed by atoms with E-state index in [1.165, 1.54) is 0 Å². The molecule has 1 aromatic carbocycles. The molecule has 15 heavy (non-hydrogen) atoms. The minimum atomic E-state index is -0.469. The average Bonchev–Trinajstić information content (AvgIpc) is 2.28. The van der Waals surface area contributed by atoms with Crippen LogP contribution in [0.3, 0.4) is 0 Å². The van der Waals surface area contributed by atoms with E-state index in [-0.39, 0.29) is 6.04 Å². The second-order valence-electron chi connectivity index (χ2n) is 3.65. The molecule has 0 spiro atoms.